The zero-order valence-electron chi connectivity index (χ0n) is 10.9. The maximum Gasteiger partial charge on any atom is 0.309 e. The maximum absolute atomic E-state index is 11.9. The van der Waals surface area contributed by atoms with Gasteiger partial charge in [0.25, 0.3) is 5.56 Å². The highest BCUT2D eigenvalue weighted by atomic mass is 16.4. The van der Waals surface area contributed by atoms with Crippen LogP contribution in [-0.2, 0) is 17.8 Å². The smallest absolute Gasteiger partial charge is 0.309 e. The Kier molecular flexibility index (Phi) is 3.19. The molecule has 0 saturated heterocycles. The molecule has 0 saturated carbocycles. The van der Waals surface area contributed by atoms with E-state index >= 15 is 0 Å². The van der Waals surface area contributed by atoms with Gasteiger partial charge in [0.15, 0.2) is 0 Å². The molecule has 0 bridgehead atoms. The van der Waals surface area contributed by atoms with E-state index in [0.29, 0.717) is 17.0 Å². The molecule has 8 heteroatoms. The van der Waals surface area contributed by atoms with Crippen LogP contribution in [0.3, 0.4) is 0 Å². The SMILES string of the molecule is O=C(O)Cc1cn(Cc2cc(=O)n3ccccc3n2)nn1. The molecule has 8 nitrogen and oxygen atoms in total. The quantitative estimate of drug-likeness (QED) is 0.721. The number of pyridine rings is 1. The molecule has 0 unspecified atom stereocenters. The van der Waals surface area contributed by atoms with Crippen LogP contribution in [0.4, 0.5) is 0 Å². The van der Waals surface area contributed by atoms with Gasteiger partial charge >= 0.3 is 5.97 Å². The Labute approximate surface area is 118 Å². The summed E-state index contributed by atoms with van der Waals surface area (Å²) in [6, 6.07) is 6.71. The third-order valence-electron chi connectivity index (χ3n) is 2.87. The van der Waals surface area contributed by atoms with E-state index in [4.69, 9.17) is 5.11 Å². The van der Waals surface area contributed by atoms with Crippen molar-refractivity contribution in [2.24, 2.45) is 0 Å². The molecule has 0 aliphatic carbocycles. The number of carbonyl (C=O) groups is 1. The minimum atomic E-state index is -0.968. The first-order chi connectivity index (χ1) is 10.1. The molecular weight excluding hydrogens is 274 g/mol. The zero-order chi connectivity index (χ0) is 14.8. The van der Waals surface area contributed by atoms with E-state index in [-0.39, 0.29) is 18.5 Å². The summed E-state index contributed by atoms with van der Waals surface area (Å²) in [6.07, 6.45) is 2.99. The highest BCUT2D eigenvalue weighted by molar-refractivity contribution is 5.69. The lowest BCUT2D eigenvalue weighted by Crippen LogP contribution is -2.16. The van der Waals surface area contributed by atoms with Crippen molar-refractivity contribution in [2.45, 2.75) is 13.0 Å². The van der Waals surface area contributed by atoms with E-state index < -0.39 is 5.97 Å². The molecule has 0 fully saturated rings. The number of hydrogen-bond donors (Lipinski definition) is 1. The highest BCUT2D eigenvalue weighted by Gasteiger charge is 2.07. The molecule has 3 rings (SSSR count). The predicted molar refractivity (Wildman–Crippen MR) is 71.9 cm³/mol. The Morgan fingerprint density at radius 3 is 2.95 bits per heavy atom. The number of fused-ring (bicyclic) bond motifs is 1. The van der Waals surface area contributed by atoms with Crippen molar-refractivity contribution >= 4 is 11.6 Å². The lowest BCUT2D eigenvalue weighted by molar-refractivity contribution is -0.136. The van der Waals surface area contributed by atoms with Crippen molar-refractivity contribution < 1.29 is 9.90 Å². The number of carboxylic acid groups (broad SMARTS) is 1. The average Bonchev–Trinajstić information content (AvgIpc) is 2.85. The Morgan fingerprint density at radius 1 is 1.29 bits per heavy atom. The van der Waals surface area contributed by atoms with Gasteiger partial charge in [-0.15, -0.1) is 5.10 Å². The molecule has 0 radical (unpaired) electrons. The number of carboxylic acids is 1. The number of hydrogen-bond acceptors (Lipinski definition) is 5. The topological polar surface area (TPSA) is 102 Å². The molecule has 106 valence electrons. The lowest BCUT2D eigenvalue weighted by atomic mass is 10.3. The molecule has 0 aliphatic heterocycles. The van der Waals surface area contributed by atoms with Crippen LogP contribution < -0.4 is 5.56 Å². The summed E-state index contributed by atoms with van der Waals surface area (Å²) in [5, 5.41) is 16.3. The number of rotatable bonds is 4. The van der Waals surface area contributed by atoms with Crippen molar-refractivity contribution in [1.29, 1.82) is 0 Å². The minimum Gasteiger partial charge on any atom is -0.481 e. The van der Waals surface area contributed by atoms with Crippen molar-refractivity contribution in [2.75, 3.05) is 0 Å². The van der Waals surface area contributed by atoms with Crippen LogP contribution in [0.1, 0.15) is 11.4 Å². The van der Waals surface area contributed by atoms with Crippen molar-refractivity contribution in [1.82, 2.24) is 24.4 Å². The minimum absolute atomic E-state index is 0.179. The summed E-state index contributed by atoms with van der Waals surface area (Å²) in [5.74, 6) is -0.968. The van der Waals surface area contributed by atoms with Gasteiger partial charge in [-0.3, -0.25) is 14.0 Å². The average molecular weight is 285 g/mol. The molecule has 0 atom stereocenters. The standard InChI is InChI=1S/C13H11N5O3/c19-12-5-9(14-11-3-1-2-4-18(11)12)7-17-8-10(15-16-17)6-13(20)21/h1-5,8H,6-7H2,(H,20,21). The molecule has 0 amide bonds. The second-order valence-electron chi connectivity index (χ2n) is 4.49. The summed E-state index contributed by atoms with van der Waals surface area (Å²) in [6.45, 7) is 0.257. The fourth-order valence-corrected chi connectivity index (χ4v) is 2.00. The molecule has 0 aromatic carbocycles. The summed E-state index contributed by atoms with van der Waals surface area (Å²) in [4.78, 5) is 26.9. The van der Waals surface area contributed by atoms with Crippen LogP contribution in [-0.4, -0.2) is 35.5 Å². The maximum atomic E-state index is 11.9. The molecule has 3 aromatic rings. The van der Waals surface area contributed by atoms with Crippen LogP contribution in [0.15, 0.2) is 41.5 Å². The van der Waals surface area contributed by atoms with Crippen LogP contribution >= 0.6 is 0 Å². The summed E-state index contributed by atoms with van der Waals surface area (Å²) >= 11 is 0. The largest absolute Gasteiger partial charge is 0.481 e. The highest BCUT2D eigenvalue weighted by Crippen LogP contribution is 2.02. The van der Waals surface area contributed by atoms with E-state index in [0.717, 1.165) is 0 Å². The van der Waals surface area contributed by atoms with Crippen molar-refractivity contribution in [3.63, 3.8) is 0 Å². The van der Waals surface area contributed by atoms with Gasteiger partial charge in [-0.2, -0.15) is 0 Å². The molecule has 1 N–H and O–H groups in total. The Bertz CT molecular complexity index is 867. The third-order valence-corrected chi connectivity index (χ3v) is 2.87. The van der Waals surface area contributed by atoms with Gasteiger partial charge in [-0.05, 0) is 12.1 Å². The monoisotopic (exact) mass is 285 g/mol. The Morgan fingerprint density at radius 2 is 2.14 bits per heavy atom. The van der Waals surface area contributed by atoms with Gasteiger partial charge in [0.1, 0.15) is 5.65 Å². The van der Waals surface area contributed by atoms with Crippen molar-refractivity contribution in [3.8, 4) is 0 Å². The van der Waals surface area contributed by atoms with Crippen molar-refractivity contribution in [3.05, 3.63) is 58.4 Å². The van der Waals surface area contributed by atoms with Gasteiger partial charge in [0.2, 0.25) is 0 Å². The van der Waals surface area contributed by atoms with E-state index in [9.17, 15) is 9.59 Å². The van der Waals surface area contributed by atoms with Crippen LogP contribution in [0.2, 0.25) is 0 Å². The first-order valence-corrected chi connectivity index (χ1v) is 6.20. The van der Waals surface area contributed by atoms with Gasteiger partial charge in [-0.25, -0.2) is 9.67 Å². The molecule has 21 heavy (non-hydrogen) atoms. The molecule has 3 heterocycles. The van der Waals surface area contributed by atoms with Gasteiger partial charge in [0, 0.05) is 18.5 Å². The van der Waals surface area contributed by atoms with E-state index in [1.165, 1.54) is 21.3 Å². The number of aromatic nitrogens is 5. The molecule has 0 aliphatic rings. The van der Waals surface area contributed by atoms with E-state index in [1.54, 1.807) is 24.4 Å². The van der Waals surface area contributed by atoms with E-state index in [2.05, 4.69) is 15.3 Å². The zero-order valence-corrected chi connectivity index (χ0v) is 10.9. The number of aliphatic carboxylic acids is 1. The third kappa shape index (κ3) is 2.78. The Balaban J connectivity index is 1.89. The number of nitrogens with zero attached hydrogens (tertiary/aromatic N) is 5. The van der Waals surface area contributed by atoms with Gasteiger partial charge in [0.05, 0.1) is 24.4 Å². The van der Waals surface area contributed by atoms with Crippen LogP contribution in [0.25, 0.3) is 5.65 Å². The molecule has 0 spiro atoms. The molecule has 3 aromatic heterocycles. The second kappa shape index (κ2) is 5.16. The second-order valence-corrected chi connectivity index (χ2v) is 4.49. The predicted octanol–water partition coefficient (Wildman–Crippen LogP) is -0.0386. The van der Waals surface area contributed by atoms with Gasteiger partial charge in [-0.1, -0.05) is 11.3 Å². The van der Waals surface area contributed by atoms with E-state index in [1.807, 2.05) is 0 Å². The summed E-state index contributed by atoms with van der Waals surface area (Å²) < 4.78 is 2.90. The fourth-order valence-electron chi connectivity index (χ4n) is 2.00. The summed E-state index contributed by atoms with van der Waals surface area (Å²) in [5.41, 5.74) is 1.27. The summed E-state index contributed by atoms with van der Waals surface area (Å²) in [7, 11) is 0. The lowest BCUT2D eigenvalue weighted by Gasteiger charge is -2.03. The first kappa shape index (κ1) is 13.0. The normalized spacial score (nSPS) is 10.9. The Hall–Kier alpha value is -3.03. The van der Waals surface area contributed by atoms with Gasteiger partial charge < -0.3 is 5.11 Å². The van der Waals surface area contributed by atoms with Crippen LogP contribution in [0, 0.1) is 0 Å². The first-order valence-electron chi connectivity index (χ1n) is 6.20. The fraction of sp³-hybridized carbons (Fsp3) is 0.154. The molecular formula is C13H11N5O3. The van der Waals surface area contributed by atoms with Crippen LogP contribution in [0.5, 0.6) is 0 Å².